The number of nitrogen functional groups attached to an aromatic ring is 1. The van der Waals surface area contributed by atoms with E-state index in [0.29, 0.717) is 0 Å². The Balaban J connectivity index is 1.83. The minimum Gasteiger partial charge on any atom is -0.398 e. The summed E-state index contributed by atoms with van der Waals surface area (Å²) in [6.45, 7) is 2.79. The zero-order valence-corrected chi connectivity index (χ0v) is 13.7. The summed E-state index contributed by atoms with van der Waals surface area (Å²) < 4.78 is 0. The van der Waals surface area contributed by atoms with Crippen molar-refractivity contribution in [3.05, 3.63) is 64.2 Å². The number of hydrogen-bond acceptors (Lipinski definition) is 4. The van der Waals surface area contributed by atoms with Gasteiger partial charge < -0.3 is 10.6 Å². The molecule has 2 aromatic carbocycles. The van der Waals surface area contributed by atoms with Crippen LogP contribution in [-0.4, -0.2) is 42.8 Å². The first-order valence-electron chi connectivity index (χ1n) is 8.10. The van der Waals surface area contributed by atoms with Gasteiger partial charge in [-0.2, -0.15) is 5.10 Å². The minimum absolute atomic E-state index is 0.863. The van der Waals surface area contributed by atoms with Gasteiger partial charge in [0.2, 0.25) is 0 Å². The maximum atomic E-state index is 6.27. The van der Waals surface area contributed by atoms with E-state index in [9.17, 15) is 0 Å². The summed E-state index contributed by atoms with van der Waals surface area (Å²) in [7, 11) is 4.19. The van der Waals surface area contributed by atoms with Gasteiger partial charge in [-0.05, 0) is 36.9 Å². The molecule has 0 spiro atoms. The van der Waals surface area contributed by atoms with E-state index in [2.05, 4.69) is 60.4 Å². The summed E-state index contributed by atoms with van der Waals surface area (Å²) in [5.41, 5.74) is 14.7. The Morgan fingerprint density at radius 2 is 1.96 bits per heavy atom. The standard InChI is InChI=1S/C19H22N4/c1-22(2)9-10-23-12-14-7-8-17(20)16-11-13-5-3-4-6-15(13)19(21-23)18(14)16/h3-8H,9-12,20H2,1-2H3. The molecule has 0 unspecified atom stereocenters. The van der Waals surface area contributed by atoms with Gasteiger partial charge in [-0.25, -0.2) is 0 Å². The lowest BCUT2D eigenvalue weighted by molar-refractivity contribution is 0.240. The van der Waals surface area contributed by atoms with Crippen molar-refractivity contribution in [2.24, 2.45) is 5.10 Å². The van der Waals surface area contributed by atoms with Crippen LogP contribution < -0.4 is 5.73 Å². The molecule has 0 fully saturated rings. The summed E-state index contributed by atoms with van der Waals surface area (Å²) in [5, 5.41) is 7.16. The molecule has 1 aliphatic carbocycles. The molecular weight excluding hydrogens is 284 g/mol. The maximum absolute atomic E-state index is 6.27. The van der Waals surface area contributed by atoms with E-state index in [4.69, 9.17) is 10.8 Å². The first-order valence-corrected chi connectivity index (χ1v) is 8.10. The normalized spacial score (nSPS) is 15.3. The second kappa shape index (κ2) is 5.39. The SMILES string of the molecule is CN(C)CCN1Cc2ccc(N)c3c2C(=N1)c1ccccc1C3. The first kappa shape index (κ1) is 14.3. The fraction of sp³-hybridized carbons (Fsp3) is 0.316. The Labute approximate surface area is 137 Å². The molecule has 4 nitrogen and oxygen atoms in total. The highest BCUT2D eigenvalue weighted by molar-refractivity contribution is 6.17. The van der Waals surface area contributed by atoms with Crippen LogP contribution >= 0.6 is 0 Å². The van der Waals surface area contributed by atoms with Crippen molar-refractivity contribution in [2.45, 2.75) is 13.0 Å². The van der Waals surface area contributed by atoms with Crippen molar-refractivity contribution in [3.8, 4) is 0 Å². The van der Waals surface area contributed by atoms with Crippen molar-refractivity contribution >= 4 is 11.4 Å². The van der Waals surface area contributed by atoms with Crippen LogP contribution in [0.15, 0.2) is 41.5 Å². The summed E-state index contributed by atoms with van der Waals surface area (Å²) in [6, 6.07) is 12.8. The number of hydrazone groups is 1. The molecule has 0 aromatic heterocycles. The molecule has 0 saturated heterocycles. The van der Waals surface area contributed by atoms with Gasteiger partial charge >= 0.3 is 0 Å². The van der Waals surface area contributed by atoms with E-state index >= 15 is 0 Å². The number of anilines is 1. The minimum atomic E-state index is 0.863. The Morgan fingerprint density at radius 1 is 1.13 bits per heavy atom. The molecule has 4 rings (SSSR count). The highest BCUT2D eigenvalue weighted by atomic mass is 15.5. The van der Waals surface area contributed by atoms with Crippen molar-refractivity contribution in [1.29, 1.82) is 0 Å². The first-order chi connectivity index (χ1) is 11.1. The van der Waals surface area contributed by atoms with Crippen molar-refractivity contribution in [3.63, 3.8) is 0 Å². The van der Waals surface area contributed by atoms with Gasteiger partial charge in [-0.3, -0.25) is 5.01 Å². The number of likely N-dealkylation sites (N-methyl/N-ethyl adjacent to an activating group) is 1. The van der Waals surface area contributed by atoms with Gasteiger partial charge in [0.05, 0.1) is 12.3 Å². The second-order valence-corrected chi connectivity index (χ2v) is 6.64. The predicted molar refractivity (Wildman–Crippen MR) is 94.7 cm³/mol. The highest BCUT2D eigenvalue weighted by Crippen LogP contribution is 2.36. The van der Waals surface area contributed by atoms with Crippen molar-refractivity contribution < 1.29 is 0 Å². The van der Waals surface area contributed by atoms with E-state index < -0.39 is 0 Å². The van der Waals surface area contributed by atoms with E-state index in [0.717, 1.165) is 37.5 Å². The molecule has 0 amide bonds. The summed E-state index contributed by atoms with van der Waals surface area (Å²) >= 11 is 0. The second-order valence-electron chi connectivity index (χ2n) is 6.64. The Kier molecular flexibility index (Phi) is 3.34. The number of nitrogens with two attached hydrogens (primary N) is 1. The van der Waals surface area contributed by atoms with Gasteiger partial charge in [0, 0.05) is 36.3 Å². The van der Waals surface area contributed by atoms with Crippen LogP contribution in [0.4, 0.5) is 5.69 Å². The van der Waals surface area contributed by atoms with E-state index in [-0.39, 0.29) is 0 Å². The van der Waals surface area contributed by atoms with E-state index in [1.54, 1.807) is 0 Å². The van der Waals surface area contributed by atoms with Crippen LogP contribution in [0, 0.1) is 0 Å². The number of benzene rings is 2. The van der Waals surface area contributed by atoms with Crippen molar-refractivity contribution in [1.82, 2.24) is 9.91 Å². The highest BCUT2D eigenvalue weighted by Gasteiger charge is 2.29. The van der Waals surface area contributed by atoms with E-state index in [1.165, 1.54) is 27.8 Å². The zero-order chi connectivity index (χ0) is 16.0. The fourth-order valence-corrected chi connectivity index (χ4v) is 3.48. The third-order valence-corrected chi connectivity index (χ3v) is 4.71. The van der Waals surface area contributed by atoms with Gasteiger partial charge in [-0.1, -0.05) is 30.3 Å². The Hall–Kier alpha value is -2.33. The molecule has 0 radical (unpaired) electrons. The molecule has 2 aliphatic rings. The molecule has 2 aromatic rings. The molecule has 0 atom stereocenters. The van der Waals surface area contributed by atoms with Gasteiger partial charge in [0.25, 0.3) is 0 Å². The number of hydrogen-bond donors (Lipinski definition) is 1. The lowest BCUT2D eigenvalue weighted by Crippen LogP contribution is -2.34. The molecule has 4 heteroatoms. The van der Waals surface area contributed by atoms with Crippen LogP contribution in [0.1, 0.15) is 27.8 Å². The topological polar surface area (TPSA) is 44.9 Å². The Morgan fingerprint density at radius 3 is 2.78 bits per heavy atom. The molecule has 2 N–H and O–H groups in total. The van der Waals surface area contributed by atoms with Crippen LogP contribution in [0.3, 0.4) is 0 Å². The average molecular weight is 306 g/mol. The number of fused-ring (bicyclic) bond motifs is 2. The van der Waals surface area contributed by atoms with Gasteiger partial charge in [0.1, 0.15) is 0 Å². The molecule has 0 bridgehead atoms. The predicted octanol–water partition coefficient (Wildman–Crippen LogP) is 2.30. The third-order valence-electron chi connectivity index (χ3n) is 4.71. The molecule has 1 aliphatic heterocycles. The average Bonchev–Trinajstić information content (AvgIpc) is 2.56. The zero-order valence-electron chi connectivity index (χ0n) is 13.7. The molecule has 0 saturated carbocycles. The quantitative estimate of drug-likeness (QED) is 0.755. The Bertz CT molecular complexity index is 792. The lowest BCUT2D eigenvalue weighted by Gasteiger charge is -2.33. The van der Waals surface area contributed by atoms with Gasteiger partial charge in [-0.15, -0.1) is 0 Å². The summed E-state index contributed by atoms with van der Waals surface area (Å²) in [4.78, 5) is 2.19. The molecular formula is C19H22N4. The van der Waals surface area contributed by atoms with Crippen molar-refractivity contribution in [2.75, 3.05) is 32.9 Å². The molecule has 23 heavy (non-hydrogen) atoms. The summed E-state index contributed by atoms with van der Waals surface area (Å²) in [6.07, 6.45) is 0.905. The summed E-state index contributed by atoms with van der Waals surface area (Å²) in [5.74, 6) is 0. The largest absolute Gasteiger partial charge is 0.398 e. The molecule has 1 heterocycles. The monoisotopic (exact) mass is 306 g/mol. The third kappa shape index (κ3) is 2.39. The lowest BCUT2D eigenvalue weighted by atomic mass is 9.80. The van der Waals surface area contributed by atoms with Gasteiger partial charge in [0.15, 0.2) is 0 Å². The fourth-order valence-electron chi connectivity index (χ4n) is 3.48. The van der Waals surface area contributed by atoms with E-state index in [1.807, 2.05) is 0 Å². The number of nitrogens with zero attached hydrogens (tertiary/aromatic N) is 3. The van der Waals surface area contributed by atoms with Crippen LogP contribution in [0.5, 0.6) is 0 Å². The smallest absolute Gasteiger partial charge is 0.0986 e. The van der Waals surface area contributed by atoms with Crippen LogP contribution in [-0.2, 0) is 13.0 Å². The van der Waals surface area contributed by atoms with Crippen LogP contribution in [0.2, 0.25) is 0 Å². The molecule has 118 valence electrons. The number of rotatable bonds is 3. The van der Waals surface area contributed by atoms with Crippen LogP contribution in [0.25, 0.3) is 0 Å². The maximum Gasteiger partial charge on any atom is 0.0986 e.